The van der Waals surface area contributed by atoms with E-state index in [-0.39, 0.29) is 29.8 Å². The van der Waals surface area contributed by atoms with Crippen LogP contribution in [0, 0.1) is 5.82 Å². The van der Waals surface area contributed by atoms with Gasteiger partial charge in [0.2, 0.25) is 12.7 Å². The first-order chi connectivity index (χ1) is 14.3. The molecule has 158 valence electrons. The van der Waals surface area contributed by atoms with Crippen molar-refractivity contribution < 1.29 is 27.8 Å². The number of carbonyl (C=O) groups excluding carboxylic acids is 1. The van der Waals surface area contributed by atoms with Gasteiger partial charge in [-0.25, -0.2) is 23.7 Å². The largest absolute Gasteiger partial charge is 0.454 e. The van der Waals surface area contributed by atoms with Gasteiger partial charge in [0.05, 0.1) is 31.1 Å². The van der Waals surface area contributed by atoms with Crippen LogP contribution in [0.2, 0.25) is 0 Å². The number of ketones is 1. The molecule has 0 saturated carbocycles. The van der Waals surface area contributed by atoms with Gasteiger partial charge in [0.25, 0.3) is 6.02 Å². The first kappa shape index (κ1) is 20.1. The Bertz CT molecular complexity index is 995. The Morgan fingerprint density at radius 2 is 2.10 bits per heavy atom. The second kappa shape index (κ2) is 7.60. The first-order valence-electron chi connectivity index (χ1n) is 9.27. The summed E-state index contributed by atoms with van der Waals surface area (Å²) in [6, 6.07) is 4.43. The lowest BCUT2D eigenvalue weighted by Crippen LogP contribution is -2.59. The monoisotopic (exact) mass is 418 g/mol. The molecule has 1 atom stereocenters. The van der Waals surface area contributed by atoms with Crippen LogP contribution >= 0.6 is 0 Å². The molecular weight excluding hydrogens is 398 g/mol. The number of alkyl halides is 1. The SMILES string of the molecule is C[C@@]1(c2cc(CC(=O)c3cnc(OCF)cn3)ccc2F)CC2(COC2)OC(N)=N1. The Morgan fingerprint density at radius 3 is 2.73 bits per heavy atom. The van der Waals surface area contributed by atoms with Crippen molar-refractivity contribution in [3.05, 3.63) is 53.2 Å². The van der Waals surface area contributed by atoms with E-state index in [0.29, 0.717) is 30.8 Å². The molecule has 0 radical (unpaired) electrons. The highest BCUT2D eigenvalue weighted by Gasteiger charge is 2.51. The average Bonchev–Trinajstić information content (AvgIpc) is 2.68. The smallest absolute Gasteiger partial charge is 0.283 e. The van der Waals surface area contributed by atoms with Crippen LogP contribution in [-0.4, -0.2) is 47.4 Å². The summed E-state index contributed by atoms with van der Waals surface area (Å²) in [5.41, 5.74) is 5.29. The lowest BCUT2D eigenvalue weighted by atomic mass is 9.78. The van der Waals surface area contributed by atoms with E-state index in [4.69, 9.17) is 15.2 Å². The van der Waals surface area contributed by atoms with E-state index < -0.39 is 23.8 Å². The number of benzene rings is 1. The molecule has 30 heavy (non-hydrogen) atoms. The molecule has 4 rings (SSSR count). The molecule has 2 aromatic rings. The number of hydrogen-bond acceptors (Lipinski definition) is 8. The maximum Gasteiger partial charge on any atom is 0.283 e. The predicted octanol–water partition coefficient (Wildman–Crippen LogP) is 2.07. The first-order valence-corrected chi connectivity index (χ1v) is 9.27. The van der Waals surface area contributed by atoms with Crippen molar-refractivity contribution in [2.75, 3.05) is 20.1 Å². The van der Waals surface area contributed by atoms with E-state index in [1.165, 1.54) is 24.5 Å². The summed E-state index contributed by atoms with van der Waals surface area (Å²) in [5.74, 6) is -0.791. The third kappa shape index (κ3) is 3.82. The molecular formula is C20H20F2N4O4. The molecule has 2 N–H and O–H groups in total. The number of nitrogens with zero attached hydrogens (tertiary/aromatic N) is 3. The van der Waals surface area contributed by atoms with Gasteiger partial charge in [0.1, 0.15) is 11.5 Å². The van der Waals surface area contributed by atoms with Gasteiger partial charge in [-0.1, -0.05) is 6.07 Å². The molecule has 0 aliphatic carbocycles. The molecule has 2 aliphatic rings. The lowest BCUT2D eigenvalue weighted by Gasteiger charge is -2.48. The molecule has 2 aliphatic heterocycles. The van der Waals surface area contributed by atoms with Crippen LogP contribution in [0.3, 0.4) is 0 Å². The van der Waals surface area contributed by atoms with Gasteiger partial charge in [0.15, 0.2) is 11.4 Å². The van der Waals surface area contributed by atoms with Crippen molar-refractivity contribution in [3.8, 4) is 5.88 Å². The molecule has 1 fully saturated rings. The van der Waals surface area contributed by atoms with E-state index in [2.05, 4.69) is 19.7 Å². The Balaban J connectivity index is 1.57. The van der Waals surface area contributed by atoms with E-state index >= 15 is 0 Å². The van der Waals surface area contributed by atoms with E-state index in [9.17, 15) is 13.6 Å². The zero-order valence-corrected chi connectivity index (χ0v) is 16.2. The number of aliphatic imine (C=N–C) groups is 1. The minimum absolute atomic E-state index is 0.0150. The number of amidine groups is 1. The summed E-state index contributed by atoms with van der Waals surface area (Å²) in [6.45, 7) is 1.46. The number of carbonyl (C=O) groups is 1. The zero-order chi connectivity index (χ0) is 21.4. The number of halogens is 2. The van der Waals surface area contributed by atoms with Crippen molar-refractivity contribution in [2.24, 2.45) is 10.7 Å². The van der Waals surface area contributed by atoms with Crippen molar-refractivity contribution >= 4 is 11.8 Å². The van der Waals surface area contributed by atoms with Gasteiger partial charge < -0.3 is 19.9 Å². The van der Waals surface area contributed by atoms with Gasteiger partial charge in [-0.2, -0.15) is 0 Å². The highest BCUT2D eigenvalue weighted by atomic mass is 19.1. The quantitative estimate of drug-likeness (QED) is 0.715. The third-order valence-electron chi connectivity index (χ3n) is 5.17. The minimum atomic E-state index is -1.04. The summed E-state index contributed by atoms with van der Waals surface area (Å²) < 4.78 is 42.4. The number of aromatic nitrogens is 2. The Morgan fingerprint density at radius 1 is 1.30 bits per heavy atom. The van der Waals surface area contributed by atoms with E-state index in [1.807, 2.05) is 0 Å². The van der Waals surface area contributed by atoms with Gasteiger partial charge >= 0.3 is 0 Å². The fourth-order valence-corrected chi connectivity index (χ4v) is 3.80. The summed E-state index contributed by atoms with van der Waals surface area (Å²) >= 11 is 0. The van der Waals surface area contributed by atoms with Crippen LogP contribution in [0.5, 0.6) is 5.88 Å². The van der Waals surface area contributed by atoms with E-state index in [1.54, 1.807) is 13.0 Å². The van der Waals surface area contributed by atoms with Gasteiger partial charge in [-0.3, -0.25) is 4.79 Å². The Labute approximate surface area is 171 Å². The third-order valence-corrected chi connectivity index (χ3v) is 5.17. The van der Waals surface area contributed by atoms with Crippen molar-refractivity contribution in [3.63, 3.8) is 0 Å². The van der Waals surface area contributed by atoms with Crippen LogP contribution < -0.4 is 10.5 Å². The number of ether oxygens (including phenoxy) is 3. The van der Waals surface area contributed by atoms with Crippen molar-refractivity contribution in [2.45, 2.75) is 30.9 Å². The molecule has 0 unspecified atom stereocenters. The number of rotatable bonds is 6. The maximum absolute atomic E-state index is 14.7. The molecule has 1 saturated heterocycles. The minimum Gasteiger partial charge on any atom is -0.454 e. The second-order valence-electron chi connectivity index (χ2n) is 7.59. The molecule has 0 amide bonds. The number of hydrogen-bond donors (Lipinski definition) is 1. The molecule has 1 spiro atoms. The lowest BCUT2D eigenvalue weighted by molar-refractivity contribution is -0.187. The maximum atomic E-state index is 14.7. The van der Waals surface area contributed by atoms with Crippen LogP contribution in [-0.2, 0) is 21.4 Å². The Kier molecular flexibility index (Phi) is 5.10. The normalized spacial score (nSPS) is 22.0. The molecule has 0 bridgehead atoms. The molecule has 1 aromatic heterocycles. The van der Waals surface area contributed by atoms with Crippen LogP contribution in [0.15, 0.2) is 35.6 Å². The number of nitrogens with two attached hydrogens (primary N) is 1. The number of Topliss-reactive ketones (excluding diaryl/α,β-unsaturated/α-hetero) is 1. The van der Waals surface area contributed by atoms with Crippen molar-refractivity contribution in [1.82, 2.24) is 9.97 Å². The van der Waals surface area contributed by atoms with Gasteiger partial charge in [-0.05, 0) is 24.6 Å². The standard InChI is InChI=1S/C20H20F2N4O4/c1-19(8-20(9-28-10-20)30-18(23)26-19)13-4-12(2-3-14(13)22)5-16(27)15-6-25-17(7-24-15)29-11-21/h2-4,6-7H,5,8-11H2,1H3,(H2,23,26)/t19-/m0/s1. The van der Waals surface area contributed by atoms with Gasteiger partial charge in [0, 0.05) is 18.4 Å². The van der Waals surface area contributed by atoms with Crippen LogP contribution in [0.4, 0.5) is 8.78 Å². The Hall–Kier alpha value is -3.14. The molecule has 3 heterocycles. The molecule has 10 heteroatoms. The van der Waals surface area contributed by atoms with Crippen LogP contribution in [0.25, 0.3) is 0 Å². The topological polar surface area (TPSA) is 109 Å². The highest BCUT2D eigenvalue weighted by Crippen LogP contribution is 2.43. The average molecular weight is 418 g/mol. The molecule has 1 aromatic carbocycles. The summed E-state index contributed by atoms with van der Waals surface area (Å²) in [6.07, 6.45) is 2.76. The van der Waals surface area contributed by atoms with Crippen LogP contribution in [0.1, 0.15) is 35.0 Å². The summed E-state index contributed by atoms with van der Waals surface area (Å²) in [5, 5.41) is 0. The van der Waals surface area contributed by atoms with Gasteiger partial charge in [-0.15, -0.1) is 0 Å². The van der Waals surface area contributed by atoms with Crippen molar-refractivity contribution in [1.29, 1.82) is 0 Å². The van der Waals surface area contributed by atoms with E-state index in [0.717, 1.165) is 0 Å². The molecule has 8 nitrogen and oxygen atoms in total. The summed E-state index contributed by atoms with van der Waals surface area (Å²) in [4.78, 5) is 24.7. The predicted molar refractivity (Wildman–Crippen MR) is 101 cm³/mol. The highest BCUT2D eigenvalue weighted by molar-refractivity contribution is 5.95. The fraction of sp³-hybridized carbons (Fsp3) is 0.400. The zero-order valence-electron chi connectivity index (χ0n) is 16.2. The summed E-state index contributed by atoms with van der Waals surface area (Å²) in [7, 11) is 0. The second-order valence-corrected chi connectivity index (χ2v) is 7.59. The fourth-order valence-electron chi connectivity index (χ4n) is 3.80.